The molecule has 2 bridgehead atoms. The van der Waals surface area contributed by atoms with Crippen LogP contribution in [-0.2, 0) is 9.53 Å². The molecule has 2 aliphatic heterocycles. The number of hydrogen-bond donors (Lipinski definition) is 2. The minimum atomic E-state index is 0. The van der Waals surface area contributed by atoms with Gasteiger partial charge in [0.15, 0.2) is 0 Å². The van der Waals surface area contributed by atoms with E-state index in [0.717, 1.165) is 6.61 Å². The van der Waals surface area contributed by atoms with Crippen molar-refractivity contribution in [2.24, 2.45) is 0 Å². The molecule has 2 N–H and O–H groups in total. The van der Waals surface area contributed by atoms with Crippen LogP contribution >= 0.6 is 12.4 Å². The number of hydrogen-bond acceptors (Lipinski definition) is 3. The lowest BCUT2D eigenvalue weighted by Gasteiger charge is -2.27. The Hall–Kier alpha value is -0.320. The first kappa shape index (κ1) is 9.77. The van der Waals surface area contributed by atoms with E-state index in [-0.39, 0.29) is 24.4 Å². The van der Waals surface area contributed by atoms with Gasteiger partial charge in [-0.3, -0.25) is 4.79 Å². The number of halogens is 1. The number of nitrogens with one attached hydrogen (secondary N) is 2. The molecule has 2 aliphatic rings. The largest absolute Gasteiger partial charge is 0.378 e. The van der Waals surface area contributed by atoms with Gasteiger partial charge in [0, 0.05) is 25.0 Å². The second-order valence-corrected chi connectivity index (χ2v) is 3.11. The van der Waals surface area contributed by atoms with Gasteiger partial charge >= 0.3 is 0 Å². The van der Waals surface area contributed by atoms with Crippen molar-refractivity contribution < 1.29 is 9.53 Å². The predicted molar refractivity (Wildman–Crippen MR) is 46.4 cm³/mol. The summed E-state index contributed by atoms with van der Waals surface area (Å²) in [7, 11) is 0. The van der Waals surface area contributed by atoms with E-state index in [0.29, 0.717) is 25.6 Å². The van der Waals surface area contributed by atoms with Crippen molar-refractivity contribution in [1.82, 2.24) is 10.6 Å². The van der Waals surface area contributed by atoms with Gasteiger partial charge in [0.05, 0.1) is 13.2 Å². The minimum absolute atomic E-state index is 0. The molecule has 2 heterocycles. The number of rotatable bonds is 0. The molecular formula is C7H13ClN2O2. The summed E-state index contributed by atoms with van der Waals surface area (Å²) in [6.45, 7) is 2.09. The average Bonchev–Trinajstić information content (AvgIpc) is 2.12. The van der Waals surface area contributed by atoms with Crippen LogP contribution in [0.3, 0.4) is 0 Å². The fraction of sp³-hybridized carbons (Fsp3) is 0.857. The molecule has 2 atom stereocenters. The summed E-state index contributed by atoms with van der Waals surface area (Å²) in [5.74, 6) is 0.135. The van der Waals surface area contributed by atoms with Gasteiger partial charge in [-0.2, -0.15) is 0 Å². The van der Waals surface area contributed by atoms with Crippen molar-refractivity contribution in [3.05, 3.63) is 0 Å². The predicted octanol–water partition coefficient (Wildman–Crippen LogP) is -0.715. The first-order valence-corrected chi connectivity index (χ1v) is 3.95. The Balaban J connectivity index is 0.000000720. The molecular weight excluding hydrogens is 180 g/mol. The van der Waals surface area contributed by atoms with E-state index >= 15 is 0 Å². The van der Waals surface area contributed by atoms with Gasteiger partial charge in [-0.25, -0.2) is 0 Å². The molecule has 12 heavy (non-hydrogen) atoms. The van der Waals surface area contributed by atoms with Gasteiger partial charge in [-0.05, 0) is 0 Å². The number of fused-ring (bicyclic) bond motifs is 2. The van der Waals surface area contributed by atoms with Crippen molar-refractivity contribution in [2.75, 3.05) is 19.8 Å². The zero-order valence-electron chi connectivity index (χ0n) is 6.71. The van der Waals surface area contributed by atoms with Crippen molar-refractivity contribution in [1.29, 1.82) is 0 Å². The number of amides is 1. The lowest BCUT2D eigenvalue weighted by Crippen LogP contribution is -2.49. The Morgan fingerprint density at radius 2 is 2.08 bits per heavy atom. The number of carbonyl (C=O) groups is 1. The zero-order chi connectivity index (χ0) is 7.68. The summed E-state index contributed by atoms with van der Waals surface area (Å²) in [4.78, 5) is 11.0. The second-order valence-electron chi connectivity index (χ2n) is 3.11. The molecule has 2 saturated heterocycles. The van der Waals surface area contributed by atoms with E-state index in [4.69, 9.17) is 4.74 Å². The van der Waals surface area contributed by atoms with E-state index in [2.05, 4.69) is 10.6 Å². The minimum Gasteiger partial charge on any atom is -0.378 e. The molecule has 5 heteroatoms. The monoisotopic (exact) mass is 192 g/mol. The maximum Gasteiger partial charge on any atom is 0.221 e. The smallest absolute Gasteiger partial charge is 0.221 e. The van der Waals surface area contributed by atoms with E-state index in [1.165, 1.54) is 0 Å². The van der Waals surface area contributed by atoms with E-state index < -0.39 is 0 Å². The van der Waals surface area contributed by atoms with Crippen molar-refractivity contribution >= 4 is 18.3 Å². The van der Waals surface area contributed by atoms with Crippen LogP contribution in [0.4, 0.5) is 0 Å². The maximum atomic E-state index is 11.0. The Bertz CT molecular complexity index is 177. The normalized spacial score (nSPS) is 34.5. The van der Waals surface area contributed by atoms with Crippen LogP contribution < -0.4 is 10.6 Å². The van der Waals surface area contributed by atoms with Crippen LogP contribution in [0, 0.1) is 0 Å². The molecule has 2 fully saturated rings. The van der Waals surface area contributed by atoms with Crippen LogP contribution in [0.5, 0.6) is 0 Å². The zero-order valence-corrected chi connectivity index (χ0v) is 7.52. The number of ether oxygens (including phenoxy) is 1. The van der Waals surface area contributed by atoms with Gasteiger partial charge in [0.25, 0.3) is 0 Å². The highest BCUT2D eigenvalue weighted by atomic mass is 35.5. The summed E-state index contributed by atoms with van der Waals surface area (Å²) >= 11 is 0. The van der Waals surface area contributed by atoms with Gasteiger partial charge < -0.3 is 15.4 Å². The first-order chi connectivity index (χ1) is 5.34. The summed E-state index contributed by atoms with van der Waals surface area (Å²) in [5.41, 5.74) is 0. The lowest BCUT2D eigenvalue weighted by atomic mass is 10.2. The molecule has 70 valence electrons. The molecule has 0 aliphatic carbocycles. The SMILES string of the molecule is Cl.O=C1CC2COCC(CN1)N2. The summed E-state index contributed by atoms with van der Waals surface area (Å²) in [6.07, 6.45) is 0.552. The molecule has 0 saturated carbocycles. The van der Waals surface area contributed by atoms with Gasteiger partial charge in [-0.15, -0.1) is 12.4 Å². The molecule has 0 spiro atoms. The maximum absolute atomic E-state index is 11.0. The fourth-order valence-electron chi connectivity index (χ4n) is 1.55. The third-order valence-electron chi connectivity index (χ3n) is 2.09. The van der Waals surface area contributed by atoms with Crippen molar-refractivity contribution in [3.8, 4) is 0 Å². The quantitative estimate of drug-likeness (QED) is 0.533. The Morgan fingerprint density at radius 3 is 2.92 bits per heavy atom. The highest BCUT2D eigenvalue weighted by molar-refractivity contribution is 5.85. The molecule has 1 amide bonds. The molecule has 0 aromatic heterocycles. The summed E-state index contributed by atoms with van der Waals surface area (Å²) in [6, 6.07) is 0.552. The van der Waals surface area contributed by atoms with Gasteiger partial charge in [0.2, 0.25) is 5.91 Å². The van der Waals surface area contributed by atoms with Gasteiger partial charge in [-0.1, -0.05) is 0 Å². The molecule has 2 unspecified atom stereocenters. The Morgan fingerprint density at radius 1 is 1.33 bits per heavy atom. The average molecular weight is 193 g/mol. The number of carbonyl (C=O) groups excluding carboxylic acids is 1. The Labute approximate surface area is 77.4 Å². The van der Waals surface area contributed by atoms with Crippen molar-refractivity contribution in [2.45, 2.75) is 18.5 Å². The third kappa shape index (κ3) is 2.09. The van der Waals surface area contributed by atoms with Crippen LogP contribution in [0.15, 0.2) is 0 Å². The summed E-state index contributed by atoms with van der Waals surface area (Å²) in [5, 5.41) is 6.17. The van der Waals surface area contributed by atoms with Crippen molar-refractivity contribution in [3.63, 3.8) is 0 Å². The highest BCUT2D eigenvalue weighted by Crippen LogP contribution is 2.05. The van der Waals surface area contributed by atoms with E-state index in [1.54, 1.807) is 0 Å². The molecule has 2 rings (SSSR count). The Kier molecular flexibility index (Phi) is 3.31. The standard InChI is InChI=1S/C7H12N2O2.ClH/c10-7-1-5-3-11-4-6(9-5)2-8-7;/h5-6,9H,1-4H2,(H,8,10);1H. The molecule has 0 aromatic carbocycles. The van der Waals surface area contributed by atoms with E-state index in [9.17, 15) is 4.79 Å². The van der Waals surface area contributed by atoms with Crippen LogP contribution in [0.2, 0.25) is 0 Å². The van der Waals surface area contributed by atoms with E-state index in [1.807, 2.05) is 0 Å². The first-order valence-electron chi connectivity index (χ1n) is 3.95. The molecule has 0 radical (unpaired) electrons. The molecule has 0 aromatic rings. The third-order valence-corrected chi connectivity index (χ3v) is 2.09. The highest BCUT2D eigenvalue weighted by Gasteiger charge is 2.26. The van der Waals surface area contributed by atoms with Gasteiger partial charge in [0.1, 0.15) is 0 Å². The van der Waals surface area contributed by atoms with Crippen LogP contribution in [0.25, 0.3) is 0 Å². The fourth-order valence-corrected chi connectivity index (χ4v) is 1.55. The summed E-state index contributed by atoms with van der Waals surface area (Å²) < 4.78 is 5.31. The molecule has 4 nitrogen and oxygen atoms in total. The van der Waals surface area contributed by atoms with Crippen LogP contribution in [0.1, 0.15) is 6.42 Å². The second kappa shape index (κ2) is 4.07. The lowest BCUT2D eigenvalue weighted by molar-refractivity contribution is -0.121. The topological polar surface area (TPSA) is 50.4 Å². The number of morpholine rings is 1. The van der Waals surface area contributed by atoms with Crippen LogP contribution in [-0.4, -0.2) is 37.7 Å².